The number of hydrogen-bond donors (Lipinski definition) is 0. The van der Waals surface area contributed by atoms with Crippen LogP contribution in [0.25, 0.3) is 0 Å². The minimum atomic E-state index is -1.27. The van der Waals surface area contributed by atoms with Gasteiger partial charge in [-0.05, 0) is 31.9 Å². The number of carbonyl (C=O) groups excluding carboxylic acids is 1. The zero-order valence-corrected chi connectivity index (χ0v) is 25.5. The predicted molar refractivity (Wildman–Crippen MR) is 119 cm³/mol. The molecule has 0 atom stereocenters. The number of rotatable bonds is 5. The van der Waals surface area contributed by atoms with Crippen LogP contribution in [0.5, 0.6) is 0 Å². The standard InChI is InChI=1S/C6HBr11O2/c7-2(8,3(9,10)5(13,14)15)4(11,12)6(16,17)19-1-18/h1H. The van der Waals surface area contributed by atoms with Crippen molar-refractivity contribution < 1.29 is 9.53 Å². The third-order valence-corrected chi connectivity index (χ3v) is 21.7. The zero-order chi connectivity index (χ0) is 15.9. The molecule has 2 nitrogen and oxygen atoms in total. The summed E-state index contributed by atoms with van der Waals surface area (Å²) in [7, 11) is 0. The van der Waals surface area contributed by atoms with E-state index in [9.17, 15) is 4.79 Å². The lowest BCUT2D eigenvalue weighted by Gasteiger charge is -2.49. The second-order valence-corrected chi connectivity index (χ2v) is 23.3. The highest BCUT2D eigenvalue weighted by Crippen LogP contribution is 2.72. The fraction of sp³-hybridized carbons (Fsp3) is 0.833. The molecule has 0 radical (unpaired) electrons. The van der Waals surface area contributed by atoms with Crippen molar-refractivity contribution in [1.82, 2.24) is 0 Å². The first kappa shape index (κ1) is 23.8. The predicted octanol–water partition coefficient (Wildman–Crippen LogP) is 7.90. The number of ether oxygens (including phenoxy) is 1. The minimum Gasteiger partial charge on any atom is -0.437 e. The summed E-state index contributed by atoms with van der Waals surface area (Å²) < 4.78 is 0.0661. The molecular formula is C6HBr11O2. The lowest BCUT2D eigenvalue weighted by atomic mass is 10.2. The van der Waals surface area contributed by atoms with Crippen molar-refractivity contribution in [3.8, 4) is 0 Å². The van der Waals surface area contributed by atoms with E-state index in [1.807, 2.05) is 0 Å². The van der Waals surface area contributed by atoms with Gasteiger partial charge in [0.15, 0.2) is 5.38 Å². The van der Waals surface area contributed by atoms with Gasteiger partial charge in [0.25, 0.3) is 6.47 Å². The molecule has 0 aliphatic rings. The van der Waals surface area contributed by atoms with Crippen molar-refractivity contribution in [2.45, 2.75) is 15.3 Å². The van der Waals surface area contributed by atoms with Crippen LogP contribution in [0.3, 0.4) is 0 Å². The molecule has 0 aromatic heterocycles. The number of alkyl halides is 11. The van der Waals surface area contributed by atoms with E-state index in [1.54, 1.807) is 0 Å². The van der Waals surface area contributed by atoms with Gasteiger partial charge in [0, 0.05) is 0 Å². The van der Waals surface area contributed by atoms with Gasteiger partial charge < -0.3 is 4.74 Å². The van der Waals surface area contributed by atoms with E-state index in [1.165, 1.54) is 0 Å². The molecule has 13 heteroatoms. The highest BCUT2D eigenvalue weighted by Gasteiger charge is 2.70. The van der Waals surface area contributed by atoms with Gasteiger partial charge >= 0.3 is 0 Å². The Morgan fingerprint density at radius 3 is 1.26 bits per heavy atom. The summed E-state index contributed by atoms with van der Waals surface area (Å²) in [6.45, 7) is 0.310. The summed E-state index contributed by atoms with van der Waals surface area (Å²) in [4.78, 5) is 10.6. The Hall–Kier alpha value is 4.75. The fourth-order valence-corrected chi connectivity index (χ4v) is 8.59. The molecule has 114 valence electrons. The highest BCUT2D eigenvalue weighted by atomic mass is 80.0. The highest BCUT2D eigenvalue weighted by molar-refractivity contribution is 9.42. The number of carbonyl (C=O) groups is 1. The average Bonchev–Trinajstić information content (AvgIpc) is 2.14. The van der Waals surface area contributed by atoms with Crippen LogP contribution >= 0.6 is 175 Å². The van der Waals surface area contributed by atoms with Crippen molar-refractivity contribution in [2.24, 2.45) is 0 Å². The van der Waals surface area contributed by atoms with Gasteiger partial charge in [-0.25, -0.2) is 0 Å². The van der Waals surface area contributed by atoms with Crippen LogP contribution in [-0.4, -0.2) is 21.7 Å². The molecule has 0 spiro atoms. The third kappa shape index (κ3) is 4.89. The first-order valence-electron chi connectivity index (χ1n) is 3.75. The van der Waals surface area contributed by atoms with Crippen LogP contribution in [0, 0.1) is 0 Å². The van der Waals surface area contributed by atoms with Gasteiger partial charge in [-0.3, -0.25) is 4.79 Å². The largest absolute Gasteiger partial charge is 0.437 e. The van der Waals surface area contributed by atoms with Crippen LogP contribution in [0.1, 0.15) is 0 Å². The van der Waals surface area contributed by atoms with E-state index in [0.717, 1.165) is 0 Å². The quantitative estimate of drug-likeness (QED) is 0.207. The normalized spacial score (nSPS) is 15.3. The smallest absolute Gasteiger partial charge is 0.295 e. The monoisotopic (exact) mass is 973 g/mol. The molecule has 0 bridgehead atoms. The van der Waals surface area contributed by atoms with Gasteiger partial charge in [0.2, 0.25) is 3.42 Å². The van der Waals surface area contributed by atoms with Gasteiger partial charge in [-0.2, -0.15) is 0 Å². The number of hydrogen-bond acceptors (Lipinski definition) is 2. The molecule has 0 unspecified atom stereocenters. The first-order chi connectivity index (χ1) is 8.06. The molecule has 0 saturated carbocycles. The van der Waals surface area contributed by atoms with Gasteiger partial charge in [0.1, 0.15) is 6.47 Å². The molecule has 0 aromatic rings. The third-order valence-electron chi connectivity index (χ3n) is 1.71. The van der Waals surface area contributed by atoms with E-state index in [-0.39, 0.29) is 0 Å². The summed E-state index contributed by atoms with van der Waals surface area (Å²) >= 11 is 38.0. The van der Waals surface area contributed by atoms with E-state index in [2.05, 4.69) is 175 Å². The van der Waals surface area contributed by atoms with Crippen LogP contribution in [0.4, 0.5) is 0 Å². The first-order valence-corrected chi connectivity index (χ1v) is 12.5. The SMILES string of the molecule is O=COC(Br)(Br)C(Br)(Br)C(Br)(Br)C(Br)(Br)C(Br)(Br)Br. The van der Waals surface area contributed by atoms with Crippen molar-refractivity contribution >= 4 is 182 Å². The topological polar surface area (TPSA) is 26.3 Å². The van der Waals surface area contributed by atoms with E-state index in [4.69, 9.17) is 4.74 Å². The summed E-state index contributed by atoms with van der Waals surface area (Å²) in [6.07, 6.45) is 0. The Labute approximate surface area is 202 Å². The molecule has 0 aromatic carbocycles. The lowest BCUT2D eigenvalue weighted by molar-refractivity contribution is -0.131. The maximum atomic E-state index is 10.6. The van der Waals surface area contributed by atoms with Crippen LogP contribution in [-0.2, 0) is 9.53 Å². The Balaban J connectivity index is 5.83. The second kappa shape index (κ2) is 7.97. The minimum absolute atomic E-state index is 0.310. The molecular weight excluding hydrogens is 983 g/mol. The Morgan fingerprint density at radius 1 is 0.632 bits per heavy atom. The molecule has 19 heavy (non-hydrogen) atoms. The van der Waals surface area contributed by atoms with Crippen molar-refractivity contribution in [3.05, 3.63) is 0 Å². The summed E-state index contributed by atoms with van der Waals surface area (Å²) in [5, 5.41) is 0. The fourth-order valence-electron chi connectivity index (χ4n) is 0.692. The molecule has 0 aliphatic heterocycles. The van der Waals surface area contributed by atoms with E-state index >= 15 is 0 Å². The van der Waals surface area contributed by atoms with Crippen molar-refractivity contribution in [2.75, 3.05) is 0 Å². The molecule has 0 fully saturated rings. The van der Waals surface area contributed by atoms with Gasteiger partial charge in [-0.15, -0.1) is 0 Å². The zero-order valence-electron chi connectivity index (χ0n) is 8.05. The average molecular weight is 984 g/mol. The Kier molecular flexibility index (Phi) is 9.96. The summed E-state index contributed by atoms with van der Waals surface area (Å²) in [5.41, 5.74) is 0. The molecule has 0 saturated heterocycles. The van der Waals surface area contributed by atoms with Gasteiger partial charge in [0.05, 0.1) is 0 Å². The second-order valence-electron chi connectivity index (χ2n) is 2.95. The Bertz CT molecular complexity index is 344. The van der Waals surface area contributed by atoms with E-state index in [0.29, 0.717) is 6.47 Å². The van der Waals surface area contributed by atoms with Crippen LogP contribution in [0.15, 0.2) is 0 Å². The van der Waals surface area contributed by atoms with Gasteiger partial charge in [-0.1, -0.05) is 143 Å². The lowest BCUT2D eigenvalue weighted by Crippen LogP contribution is -2.60. The summed E-state index contributed by atoms with van der Waals surface area (Å²) in [5.74, 6) is 0. The van der Waals surface area contributed by atoms with Crippen LogP contribution < -0.4 is 0 Å². The van der Waals surface area contributed by atoms with Crippen molar-refractivity contribution in [1.29, 1.82) is 0 Å². The molecule has 0 N–H and O–H groups in total. The molecule has 0 heterocycles. The molecule has 0 aliphatic carbocycles. The molecule has 0 rings (SSSR count). The van der Waals surface area contributed by atoms with E-state index < -0.39 is 15.3 Å². The maximum Gasteiger partial charge on any atom is 0.295 e. The summed E-state index contributed by atoms with van der Waals surface area (Å²) in [6, 6.07) is 0. The Morgan fingerprint density at radius 2 is 1.00 bits per heavy atom. The van der Waals surface area contributed by atoms with Crippen molar-refractivity contribution in [3.63, 3.8) is 0 Å². The molecule has 0 amide bonds. The number of halogens is 11. The van der Waals surface area contributed by atoms with Crippen LogP contribution in [0.2, 0.25) is 0 Å². The maximum absolute atomic E-state index is 10.6.